The average Bonchev–Trinajstić information content (AvgIpc) is 3.31. The lowest BCUT2D eigenvalue weighted by atomic mass is 9.96. The van der Waals surface area contributed by atoms with Crippen LogP contribution in [0.25, 0.3) is 0 Å². The molecule has 6 heteroatoms. The Morgan fingerprint density at radius 2 is 1.96 bits per heavy atom. The van der Waals surface area contributed by atoms with Gasteiger partial charge in [-0.25, -0.2) is 9.97 Å². The number of imidazole rings is 1. The van der Waals surface area contributed by atoms with E-state index < -0.39 is 0 Å². The van der Waals surface area contributed by atoms with Crippen molar-refractivity contribution in [2.24, 2.45) is 5.92 Å². The predicted octanol–water partition coefficient (Wildman–Crippen LogP) is 1.69. The Morgan fingerprint density at radius 3 is 2.70 bits per heavy atom. The molecule has 1 aliphatic carbocycles. The molecule has 0 spiro atoms. The van der Waals surface area contributed by atoms with Gasteiger partial charge in [-0.3, -0.25) is 14.3 Å². The Hall–Kier alpha value is -1.95. The van der Waals surface area contributed by atoms with E-state index >= 15 is 0 Å². The van der Waals surface area contributed by atoms with Gasteiger partial charge in [0.2, 0.25) is 0 Å². The largest absolute Gasteiger partial charge is 0.331 e. The topological polar surface area (TPSA) is 56.0 Å². The fourth-order valence-corrected chi connectivity index (χ4v) is 3.47. The summed E-state index contributed by atoms with van der Waals surface area (Å²) in [7, 11) is 0. The van der Waals surface area contributed by atoms with Crippen LogP contribution in [0.2, 0.25) is 0 Å². The molecule has 0 bridgehead atoms. The van der Waals surface area contributed by atoms with Crippen molar-refractivity contribution in [3.8, 4) is 0 Å². The molecule has 1 saturated heterocycles. The van der Waals surface area contributed by atoms with Gasteiger partial charge in [-0.1, -0.05) is 0 Å². The molecule has 2 aliphatic rings. The van der Waals surface area contributed by atoms with Gasteiger partial charge in [0.15, 0.2) is 0 Å². The third-order valence-electron chi connectivity index (χ3n) is 5.01. The van der Waals surface area contributed by atoms with E-state index in [4.69, 9.17) is 0 Å². The van der Waals surface area contributed by atoms with E-state index in [0.29, 0.717) is 12.0 Å². The van der Waals surface area contributed by atoms with Crippen LogP contribution in [-0.2, 0) is 13.1 Å². The van der Waals surface area contributed by atoms with Crippen LogP contribution in [0, 0.1) is 5.92 Å². The van der Waals surface area contributed by atoms with Crippen LogP contribution >= 0.6 is 0 Å². The van der Waals surface area contributed by atoms with E-state index in [1.165, 1.54) is 24.7 Å². The zero-order valence-corrected chi connectivity index (χ0v) is 13.3. The maximum absolute atomic E-state index is 11.8. The van der Waals surface area contributed by atoms with Crippen molar-refractivity contribution in [2.45, 2.75) is 44.8 Å². The van der Waals surface area contributed by atoms with Gasteiger partial charge in [0.25, 0.3) is 5.56 Å². The average molecular weight is 313 g/mol. The Labute approximate surface area is 135 Å². The Kier molecular flexibility index (Phi) is 3.99. The van der Waals surface area contributed by atoms with Crippen LogP contribution in [0.15, 0.2) is 35.8 Å². The van der Waals surface area contributed by atoms with Gasteiger partial charge in [-0.15, -0.1) is 0 Å². The molecule has 23 heavy (non-hydrogen) atoms. The molecule has 0 unspecified atom stereocenters. The molecule has 0 radical (unpaired) electrons. The highest BCUT2D eigenvalue weighted by molar-refractivity contribution is 4.99. The van der Waals surface area contributed by atoms with E-state index in [1.807, 2.05) is 6.20 Å². The second-order valence-corrected chi connectivity index (χ2v) is 6.77. The zero-order chi connectivity index (χ0) is 15.6. The second-order valence-electron chi connectivity index (χ2n) is 6.77. The summed E-state index contributed by atoms with van der Waals surface area (Å²) in [6.07, 6.45) is 12.1. The molecule has 0 N–H and O–H groups in total. The first-order chi connectivity index (χ1) is 11.3. The summed E-state index contributed by atoms with van der Waals surface area (Å²) in [6, 6.07) is 2.23. The van der Waals surface area contributed by atoms with Crippen LogP contribution in [0.5, 0.6) is 0 Å². The van der Waals surface area contributed by atoms with Gasteiger partial charge in [0.1, 0.15) is 5.82 Å². The van der Waals surface area contributed by atoms with Crippen molar-refractivity contribution in [3.63, 3.8) is 0 Å². The van der Waals surface area contributed by atoms with Gasteiger partial charge in [0.05, 0.1) is 12.9 Å². The molecule has 2 aromatic heterocycles. The lowest BCUT2D eigenvalue weighted by Crippen LogP contribution is -2.36. The molecule has 2 fully saturated rings. The van der Waals surface area contributed by atoms with E-state index in [-0.39, 0.29) is 5.56 Å². The molecular formula is C17H23N5O. The van der Waals surface area contributed by atoms with E-state index in [1.54, 1.807) is 17.1 Å². The van der Waals surface area contributed by atoms with Gasteiger partial charge in [-0.2, -0.15) is 0 Å². The molecule has 1 saturated carbocycles. The highest BCUT2D eigenvalue weighted by Crippen LogP contribution is 2.35. The van der Waals surface area contributed by atoms with Gasteiger partial charge >= 0.3 is 0 Å². The Bertz CT molecular complexity index is 710. The summed E-state index contributed by atoms with van der Waals surface area (Å²) in [5.41, 5.74) is 0.0499. The number of piperidine rings is 1. The first kappa shape index (κ1) is 14.6. The normalized spacial score (nSPS) is 20.0. The monoisotopic (exact) mass is 313 g/mol. The minimum absolute atomic E-state index is 0.0499. The van der Waals surface area contributed by atoms with Gasteiger partial charge in [0, 0.05) is 37.2 Å². The fraction of sp³-hybridized carbons (Fsp3) is 0.588. The third kappa shape index (κ3) is 3.37. The fourth-order valence-electron chi connectivity index (χ4n) is 3.47. The molecule has 0 aromatic carbocycles. The summed E-state index contributed by atoms with van der Waals surface area (Å²) < 4.78 is 4.08. The van der Waals surface area contributed by atoms with Gasteiger partial charge < -0.3 is 4.57 Å². The third-order valence-corrected chi connectivity index (χ3v) is 5.01. The SMILES string of the molecule is O=c1ccncn1CC1CCN(Cc2nccn2C2CC2)CC1. The smallest absolute Gasteiger partial charge is 0.253 e. The van der Waals surface area contributed by atoms with Crippen molar-refractivity contribution in [3.05, 3.63) is 47.2 Å². The number of nitrogens with zero attached hydrogens (tertiary/aromatic N) is 5. The van der Waals surface area contributed by atoms with Crippen LogP contribution in [-0.4, -0.2) is 37.1 Å². The summed E-state index contributed by atoms with van der Waals surface area (Å²) in [5.74, 6) is 1.77. The number of hydrogen-bond acceptors (Lipinski definition) is 4. The number of hydrogen-bond donors (Lipinski definition) is 0. The first-order valence-corrected chi connectivity index (χ1v) is 8.54. The summed E-state index contributed by atoms with van der Waals surface area (Å²) in [5, 5.41) is 0. The number of likely N-dealkylation sites (tertiary alicyclic amines) is 1. The van der Waals surface area contributed by atoms with Crippen molar-refractivity contribution < 1.29 is 0 Å². The van der Waals surface area contributed by atoms with Crippen molar-refractivity contribution >= 4 is 0 Å². The molecule has 3 heterocycles. The molecule has 0 amide bonds. The van der Waals surface area contributed by atoms with Crippen LogP contribution < -0.4 is 5.56 Å². The molecule has 0 atom stereocenters. The lowest BCUT2D eigenvalue weighted by Gasteiger charge is -2.32. The highest BCUT2D eigenvalue weighted by Gasteiger charge is 2.27. The van der Waals surface area contributed by atoms with Crippen molar-refractivity contribution in [1.29, 1.82) is 0 Å². The maximum Gasteiger partial charge on any atom is 0.253 e. The molecule has 6 nitrogen and oxygen atoms in total. The molecule has 2 aromatic rings. The van der Waals surface area contributed by atoms with Crippen LogP contribution in [0.1, 0.15) is 37.5 Å². The van der Waals surface area contributed by atoms with Crippen molar-refractivity contribution in [1.82, 2.24) is 24.0 Å². The molecule has 122 valence electrons. The zero-order valence-electron chi connectivity index (χ0n) is 13.3. The van der Waals surface area contributed by atoms with Gasteiger partial charge in [-0.05, 0) is 44.7 Å². The standard InChI is InChI=1S/C17H23N5O/c23-17-3-6-18-13-21(17)11-14-4-8-20(9-5-14)12-16-19-7-10-22(16)15-1-2-15/h3,6-7,10,13-15H,1-2,4-5,8-9,11-12H2. The molecule has 1 aliphatic heterocycles. The highest BCUT2D eigenvalue weighted by atomic mass is 16.1. The summed E-state index contributed by atoms with van der Waals surface area (Å²) in [4.78, 5) is 22.9. The minimum atomic E-state index is 0.0499. The van der Waals surface area contributed by atoms with Crippen LogP contribution in [0.3, 0.4) is 0 Å². The Morgan fingerprint density at radius 1 is 1.13 bits per heavy atom. The van der Waals surface area contributed by atoms with Crippen LogP contribution in [0.4, 0.5) is 0 Å². The van der Waals surface area contributed by atoms with Crippen molar-refractivity contribution in [2.75, 3.05) is 13.1 Å². The lowest BCUT2D eigenvalue weighted by molar-refractivity contribution is 0.161. The molecule has 4 rings (SSSR count). The summed E-state index contributed by atoms with van der Waals surface area (Å²) in [6.45, 7) is 3.90. The summed E-state index contributed by atoms with van der Waals surface area (Å²) >= 11 is 0. The molecular weight excluding hydrogens is 290 g/mol. The second kappa shape index (κ2) is 6.28. The number of aromatic nitrogens is 4. The quantitative estimate of drug-likeness (QED) is 0.843. The van der Waals surface area contributed by atoms with E-state index in [2.05, 4.69) is 25.6 Å². The van der Waals surface area contributed by atoms with E-state index in [9.17, 15) is 4.79 Å². The predicted molar refractivity (Wildman–Crippen MR) is 87.0 cm³/mol. The minimum Gasteiger partial charge on any atom is -0.331 e. The Balaban J connectivity index is 1.31. The first-order valence-electron chi connectivity index (χ1n) is 8.54. The number of rotatable bonds is 5. The maximum atomic E-state index is 11.8. The van der Waals surface area contributed by atoms with E-state index in [0.717, 1.165) is 39.0 Å².